The molecule has 0 bridgehead atoms. The first-order valence-electron chi connectivity index (χ1n) is 4.39. The molecule has 1 fully saturated rings. The zero-order chi connectivity index (χ0) is 9.35. The maximum Gasteiger partial charge on any atom is 0.103 e. The third-order valence-corrected chi connectivity index (χ3v) is 2.33. The topological polar surface area (TPSA) is 49.7 Å². The normalized spacial score (nSPS) is 38.2. The van der Waals surface area contributed by atoms with Gasteiger partial charge in [-0.1, -0.05) is 20.8 Å². The van der Waals surface area contributed by atoms with E-state index in [-0.39, 0.29) is 18.1 Å². The molecule has 0 aromatic rings. The minimum absolute atomic E-state index is 0.0428. The van der Waals surface area contributed by atoms with E-state index >= 15 is 0 Å². The molecular formula is C9H18O3. The molecule has 0 amide bonds. The van der Waals surface area contributed by atoms with Crippen molar-refractivity contribution in [2.45, 2.75) is 45.5 Å². The van der Waals surface area contributed by atoms with Gasteiger partial charge in [-0.25, -0.2) is 0 Å². The van der Waals surface area contributed by atoms with Crippen molar-refractivity contribution in [2.75, 3.05) is 6.61 Å². The van der Waals surface area contributed by atoms with Crippen LogP contribution in [0.25, 0.3) is 0 Å². The molecule has 0 saturated carbocycles. The van der Waals surface area contributed by atoms with Gasteiger partial charge in [-0.05, 0) is 5.41 Å². The van der Waals surface area contributed by atoms with Crippen LogP contribution in [-0.4, -0.2) is 35.1 Å². The van der Waals surface area contributed by atoms with Crippen LogP contribution in [0, 0.1) is 5.41 Å². The van der Waals surface area contributed by atoms with Crippen molar-refractivity contribution in [1.29, 1.82) is 0 Å². The Labute approximate surface area is 73.4 Å². The van der Waals surface area contributed by atoms with Crippen LogP contribution in [-0.2, 0) is 4.74 Å². The smallest absolute Gasteiger partial charge is 0.103 e. The van der Waals surface area contributed by atoms with Gasteiger partial charge in [-0.3, -0.25) is 0 Å². The van der Waals surface area contributed by atoms with Crippen LogP contribution in [0.5, 0.6) is 0 Å². The van der Waals surface area contributed by atoms with E-state index in [9.17, 15) is 10.2 Å². The van der Waals surface area contributed by atoms with E-state index in [2.05, 4.69) is 20.8 Å². The number of aliphatic hydroxyl groups excluding tert-OH is 2. The van der Waals surface area contributed by atoms with Gasteiger partial charge in [-0.2, -0.15) is 0 Å². The maximum atomic E-state index is 9.38. The van der Waals surface area contributed by atoms with Gasteiger partial charge in [-0.15, -0.1) is 0 Å². The third-order valence-electron chi connectivity index (χ3n) is 2.33. The van der Waals surface area contributed by atoms with Crippen LogP contribution in [0.3, 0.4) is 0 Å². The standard InChI is InChI=1S/C9H18O3/c1-9(2,3)8-4-6(10)7(11)5-12-8/h6-8,10-11H,4-5H2,1-3H3/t6?,7-,8-/m1/s1. The summed E-state index contributed by atoms with van der Waals surface area (Å²) in [5.41, 5.74) is 0.0428. The number of ether oxygens (including phenoxy) is 1. The molecule has 12 heavy (non-hydrogen) atoms. The highest BCUT2D eigenvalue weighted by atomic mass is 16.5. The van der Waals surface area contributed by atoms with Crippen LogP contribution in [0.2, 0.25) is 0 Å². The van der Waals surface area contributed by atoms with Gasteiger partial charge >= 0.3 is 0 Å². The van der Waals surface area contributed by atoms with Gasteiger partial charge in [0.25, 0.3) is 0 Å². The Morgan fingerprint density at radius 1 is 1.17 bits per heavy atom. The molecule has 0 spiro atoms. The van der Waals surface area contributed by atoms with Crippen molar-refractivity contribution in [3.05, 3.63) is 0 Å². The second-order valence-electron chi connectivity index (χ2n) is 4.56. The zero-order valence-electron chi connectivity index (χ0n) is 7.95. The van der Waals surface area contributed by atoms with Crippen LogP contribution >= 0.6 is 0 Å². The molecule has 0 aromatic heterocycles. The average Bonchev–Trinajstić information content (AvgIpc) is 1.92. The van der Waals surface area contributed by atoms with E-state index in [1.807, 2.05) is 0 Å². The summed E-state index contributed by atoms with van der Waals surface area (Å²) in [6, 6.07) is 0. The third kappa shape index (κ3) is 2.19. The molecule has 3 atom stereocenters. The zero-order valence-corrected chi connectivity index (χ0v) is 7.95. The Kier molecular flexibility index (Phi) is 2.76. The number of aliphatic hydroxyl groups is 2. The highest BCUT2D eigenvalue weighted by molar-refractivity contribution is 4.84. The first-order valence-corrected chi connectivity index (χ1v) is 4.39. The molecule has 1 aliphatic heterocycles. The molecule has 2 N–H and O–H groups in total. The van der Waals surface area contributed by atoms with Crippen molar-refractivity contribution in [3.8, 4) is 0 Å². The number of rotatable bonds is 0. The second kappa shape index (κ2) is 3.32. The molecular weight excluding hydrogens is 156 g/mol. The van der Waals surface area contributed by atoms with E-state index in [4.69, 9.17) is 4.74 Å². The van der Waals surface area contributed by atoms with Gasteiger partial charge in [0.2, 0.25) is 0 Å². The lowest BCUT2D eigenvalue weighted by atomic mass is 9.83. The van der Waals surface area contributed by atoms with E-state index in [1.165, 1.54) is 0 Å². The van der Waals surface area contributed by atoms with Gasteiger partial charge in [0, 0.05) is 6.42 Å². The van der Waals surface area contributed by atoms with E-state index in [0.717, 1.165) is 0 Å². The van der Waals surface area contributed by atoms with Gasteiger partial charge < -0.3 is 14.9 Å². The minimum Gasteiger partial charge on any atom is -0.390 e. The molecule has 3 nitrogen and oxygen atoms in total. The monoisotopic (exact) mass is 174 g/mol. The molecule has 1 unspecified atom stereocenters. The van der Waals surface area contributed by atoms with Crippen molar-refractivity contribution < 1.29 is 14.9 Å². The summed E-state index contributed by atoms with van der Waals surface area (Å²) >= 11 is 0. The van der Waals surface area contributed by atoms with E-state index < -0.39 is 12.2 Å². The summed E-state index contributed by atoms with van der Waals surface area (Å²) in [7, 11) is 0. The Hall–Kier alpha value is -0.120. The molecule has 1 heterocycles. The predicted octanol–water partition coefficient (Wildman–Crippen LogP) is 0.543. The molecule has 0 aliphatic carbocycles. The largest absolute Gasteiger partial charge is 0.390 e. The van der Waals surface area contributed by atoms with Crippen LogP contribution in [0.1, 0.15) is 27.2 Å². The first-order chi connectivity index (χ1) is 5.41. The lowest BCUT2D eigenvalue weighted by molar-refractivity contribution is -0.148. The fourth-order valence-electron chi connectivity index (χ4n) is 1.37. The Morgan fingerprint density at radius 3 is 2.17 bits per heavy atom. The maximum absolute atomic E-state index is 9.38. The fraction of sp³-hybridized carbons (Fsp3) is 1.00. The van der Waals surface area contributed by atoms with E-state index in [1.54, 1.807) is 0 Å². The molecule has 0 radical (unpaired) electrons. The van der Waals surface area contributed by atoms with Crippen molar-refractivity contribution in [3.63, 3.8) is 0 Å². The molecule has 72 valence electrons. The average molecular weight is 174 g/mol. The first kappa shape index (κ1) is 9.96. The molecule has 1 aliphatic rings. The Bertz CT molecular complexity index is 150. The summed E-state index contributed by atoms with van der Waals surface area (Å²) in [5, 5.41) is 18.6. The summed E-state index contributed by atoms with van der Waals surface area (Å²) in [6.45, 7) is 6.47. The molecule has 1 saturated heterocycles. The summed E-state index contributed by atoms with van der Waals surface area (Å²) < 4.78 is 5.42. The Morgan fingerprint density at radius 2 is 1.75 bits per heavy atom. The molecule has 0 aromatic carbocycles. The number of hydrogen-bond acceptors (Lipinski definition) is 3. The summed E-state index contributed by atoms with van der Waals surface area (Å²) in [6.07, 6.45) is -0.743. The SMILES string of the molecule is CC(C)(C)[C@H]1CC(O)[C@H](O)CO1. The highest BCUT2D eigenvalue weighted by Gasteiger charge is 2.34. The Balaban J connectivity index is 2.51. The van der Waals surface area contributed by atoms with Crippen LogP contribution < -0.4 is 0 Å². The molecule has 3 heteroatoms. The summed E-state index contributed by atoms with van der Waals surface area (Å²) in [5.74, 6) is 0. The van der Waals surface area contributed by atoms with Gasteiger partial charge in [0.05, 0.1) is 18.8 Å². The van der Waals surface area contributed by atoms with E-state index in [0.29, 0.717) is 6.42 Å². The van der Waals surface area contributed by atoms with Crippen LogP contribution in [0.4, 0.5) is 0 Å². The lowest BCUT2D eigenvalue weighted by Gasteiger charge is -2.37. The van der Waals surface area contributed by atoms with Gasteiger partial charge in [0.1, 0.15) is 6.10 Å². The quantitative estimate of drug-likeness (QED) is 0.563. The second-order valence-corrected chi connectivity index (χ2v) is 4.56. The van der Waals surface area contributed by atoms with Crippen molar-refractivity contribution in [1.82, 2.24) is 0 Å². The minimum atomic E-state index is -0.705. The number of hydrogen-bond donors (Lipinski definition) is 2. The lowest BCUT2D eigenvalue weighted by Crippen LogP contribution is -2.45. The summed E-state index contributed by atoms with van der Waals surface area (Å²) in [4.78, 5) is 0. The predicted molar refractivity (Wildman–Crippen MR) is 45.8 cm³/mol. The van der Waals surface area contributed by atoms with Crippen molar-refractivity contribution in [2.24, 2.45) is 5.41 Å². The van der Waals surface area contributed by atoms with Crippen LogP contribution in [0.15, 0.2) is 0 Å². The highest BCUT2D eigenvalue weighted by Crippen LogP contribution is 2.29. The molecule has 1 rings (SSSR count). The van der Waals surface area contributed by atoms with Gasteiger partial charge in [0.15, 0.2) is 0 Å². The van der Waals surface area contributed by atoms with Crippen molar-refractivity contribution >= 4 is 0 Å². The fourth-order valence-corrected chi connectivity index (χ4v) is 1.37.